The third-order valence-corrected chi connectivity index (χ3v) is 3.24. The number of rotatable bonds is 6. The summed E-state index contributed by atoms with van der Waals surface area (Å²) in [4.78, 5) is 33.6. The lowest BCUT2D eigenvalue weighted by molar-refractivity contribution is -0.384. The van der Waals surface area contributed by atoms with Crippen LogP contribution in [0.3, 0.4) is 0 Å². The molecule has 0 saturated carbocycles. The molecule has 2 amide bonds. The Kier molecular flexibility index (Phi) is 6.00. The van der Waals surface area contributed by atoms with Crippen molar-refractivity contribution in [1.82, 2.24) is 0 Å². The van der Waals surface area contributed by atoms with Gasteiger partial charge in [0.25, 0.3) is 5.69 Å². The molecule has 0 bridgehead atoms. The highest BCUT2D eigenvalue weighted by Gasteiger charge is 2.05. The SMILES string of the molecule is CCC(=O)Nc1cccc(NC(=O)C=Cc2cccc([N+](=O)[O-])c2)c1. The quantitative estimate of drug-likeness (QED) is 0.477. The predicted molar refractivity (Wildman–Crippen MR) is 96.1 cm³/mol. The maximum Gasteiger partial charge on any atom is 0.270 e. The number of anilines is 2. The van der Waals surface area contributed by atoms with E-state index in [0.717, 1.165) is 0 Å². The average Bonchev–Trinajstić information content (AvgIpc) is 2.60. The largest absolute Gasteiger partial charge is 0.326 e. The molecular weight excluding hydrogens is 322 g/mol. The summed E-state index contributed by atoms with van der Waals surface area (Å²) in [5.74, 6) is -0.500. The van der Waals surface area contributed by atoms with Crippen LogP contribution in [-0.2, 0) is 9.59 Å². The number of benzene rings is 2. The number of nitrogens with zero attached hydrogens (tertiary/aromatic N) is 1. The highest BCUT2D eigenvalue weighted by Crippen LogP contribution is 2.16. The van der Waals surface area contributed by atoms with Gasteiger partial charge in [-0.1, -0.05) is 25.1 Å². The Morgan fingerprint density at radius 1 is 1.08 bits per heavy atom. The Bertz CT molecular complexity index is 831. The maximum atomic E-state index is 12.0. The lowest BCUT2D eigenvalue weighted by atomic mass is 10.2. The van der Waals surface area contributed by atoms with E-state index < -0.39 is 4.92 Å². The van der Waals surface area contributed by atoms with Crippen molar-refractivity contribution in [1.29, 1.82) is 0 Å². The zero-order valence-corrected chi connectivity index (χ0v) is 13.6. The molecule has 0 unspecified atom stereocenters. The van der Waals surface area contributed by atoms with Crippen molar-refractivity contribution in [3.63, 3.8) is 0 Å². The van der Waals surface area contributed by atoms with E-state index >= 15 is 0 Å². The van der Waals surface area contributed by atoms with E-state index in [1.807, 2.05) is 0 Å². The van der Waals surface area contributed by atoms with Gasteiger partial charge in [0.2, 0.25) is 11.8 Å². The van der Waals surface area contributed by atoms with Gasteiger partial charge in [0.1, 0.15) is 0 Å². The van der Waals surface area contributed by atoms with Crippen LogP contribution in [0, 0.1) is 10.1 Å². The van der Waals surface area contributed by atoms with Gasteiger partial charge < -0.3 is 10.6 Å². The Labute approximate surface area is 144 Å². The van der Waals surface area contributed by atoms with Crippen LogP contribution in [-0.4, -0.2) is 16.7 Å². The number of hydrogen-bond acceptors (Lipinski definition) is 4. The monoisotopic (exact) mass is 339 g/mol. The van der Waals surface area contributed by atoms with Crippen LogP contribution in [0.4, 0.5) is 17.1 Å². The summed E-state index contributed by atoms with van der Waals surface area (Å²) < 4.78 is 0. The second kappa shape index (κ2) is 8.39. The zero-order valence-electron chi connectivity index (χ0n) is 13.6. The Balaban J connectivity index is 2.02. The fourth-order valence-corrected chi connectivity index (χ4v) is 2.02. The molecule has 2 aromatic carbocycles. The molecule has 0 heterocycles. The van der Waals surface area contributed by atoms with Crippen molar-refractivity contribution >= 4 is 35.0 Å². The van der Waals surface area contributed by atoms with Gasteiger partial charge in [0.05, 0.1) is 4.92 Å². The summed E-state index contributed by atoms with van der Waals surface area (Å²) >= 11 is 0. The highest BCUT2D eigenvalue weighted by atomic mass is 16.6. The third-order valence-electron chi connectivity index (χ3n) is 3.24. The van der Waals surface area contributed by atoms with Gasteiger partial charge >= 0.3 is 0 Å². The molecule has 0 fully saturated rings. The molecule has 2 rings (SSSR count). The molecule has 2 N–H and O–H groups in total. The standard InChI is InChI=1S/C18H17N3O4/c1-2-17(22)19-14-6-4-7-15(12-14)20-18(23)10-9-13-5-3-8-16(11-13)21(24)25/h3-12H,2H2,1H3,(H,19,22)(H,20,23). The number of amides is 2. The smallest absolute Gasteiger partial charge is 0.270 e. The molecule has 25 heavy (non-hydrogen) atoms. The lowest BCUT2D eigenvalue weighted by Gasteiger charge is -2.07. The minimum absolute atomic E-state index is 0.0399. The van der Waals surface area contributed by atoms with Crippen LogP contribution in [0.2, 0.25) is 0 Å². The highest BCUT2D eigenvalue weighted by molar-refractivity contribution is 6.02. The fraction of sp³-hybridized carbons (Fsp3) is 0.111. The molecule has 0 aromatic heterocycles. The second-order valence-electron chi connectivity index (χ2n) is 5.16. The summed E-state index contributed by atoms with van der Waals surface area (Å²) in [6.45, 7) is 1.75. The number of carbonyl (C=O) groups is 2. The molecule has 0 aliphatic rings. The first-order chi connectivity index (χ1) is 12.0. The van der Waals surface area contributed by atoms with Crippen LogP contribution in [0.1, 0.15) is 18.9 Å². The van der Waals surface area contributed by atoms with Gasteiger partial charge in [-0.15, -0.1) is 0 Å². The van der Waals surface area contributed by atoms with Gasteiger partial charge in [0, 0.05) is 36.0 Å². The summed E-state index contributed by atoms with van der Waals surface area (Å²) in [6, 6.07) is 12.8. The van der Waals surface area contributed by atoms with Gasteiger partial charge in [-0.3, -0.25) is 19.7 Å². The van der Waals surface area contributed by atoms with Crippen molar-refractivity contribution in [3.05, 3.63) is 70.3 Å². The third kappa shape index (κ3) is 5.58. The molecule has 7 nitrogen and oxygen atoms in total. The molecule has 2 aromatic rings. The van der Waals surface area contributed by atoms with Gasteiger partial charge in [-0.2, -0.15) is 0 Å². The molecule has 0 aliphatic heterocycles. The van der Waals surface area contributed by atoms with Gasteiger partial charge in [-0.05, 0) is 29.8 Å². The molecule has 0 radical (unpaired) electrons. The minimum atomic E-state index is -0.493. The molecule has 128 valence electrons. The van der Waals surface area contributed by atoms with Gasteiger partial charge in [0.15, 0.2) is 0 Å². The minimum Gasteiger partial charge on any atom is -0.326 e. The Morgan fingerprint density at radius 2 is 1.76 bits per heavy atom. The Hall–Kier alpha value is -3.48. The van der Waals surface area contributed by atoms with Crippen LogP contribution in [0.5, 0.6) is 0 Å². The van der Waals surface area contributed by atoms with Crippen molar-refractivity contribution < 1.29 is 14.5 Å². The summed E-state index contributed by atoms with van der Waals surface area (Å²) in [7, 11) is 0. The van der Waals surface area contributed by atoms with Crippen LogP contribution in [0.25, 0.3) is 6.08 Å². The number of nitro benzene ring substituents is 1. The van der Waals surface area contributed by atoms with Crippen molar-refractivity contribution in [2.75, 3.05) is 10.6 Å². The van der Waals surface area contributed by atoms with E-state index in [4.69, 9.17) is 0 Å². The summed E-state index contributed by atoms with van der Waals surface area (Å²) in [5.41, 5.74) is 1.63. The molecule has 7 heteroatoms. The van der Waals surface area contributed by atoms with Crippen LogP contribution >= 0.6 is 0 Å². The number of nitrogens with one attached hydrogen (secondary N) is 2. The van der Waals surface area contributed by atoms with Crippen LogP contribution in [0.15, 0.2) is 54.6 Å². The zero-order chi connectivity index (χ0) is 18.2. The number of hydrogen-bond donors (Lipinski definition) is 2. The second-order valence-corrected chi connectivity index (χ2v) is 5.16. The maximum absolute atomic E-state index is 12.0. The summed E-state index contributed by atoms with van der Waals surface area (Å²) in [6.07, 6.45) is 3.14. The Morgan fingerprint density at radius 3 is 2.44 bits per heavy atom. The topological polar surface area (TPSA) is 101 Å². The van der Waals surface area contributed by atoms with E-state index in [9.17, 15) is 19.7 Å². The van der Waals surface area contributed by atoms with E-state index in [-0.39, 0.29) is 17.5 Å². The molecule has 0 spiro atoms. The molecule has 0 aliphatic carbocycles. The predicted octanol–water partition coefficient (Wildman–Crippen LogP) is 3.60. The van der Waals surface area contributed by atoms with E-state index in [1.165, 1.54) is 24.3 Å². The summed E-state index contributed by atoms with van der Waals surface area (Å²) in [5, 5.41) is 16.1. The molecular formula is C18H17N3O4. The number of nitro groups is 1. The average molecular weight is 339 g/mol. The van der Waals surface area contributed by atoms with Crippen LogP contribution < -0.4 is 10.6 Å². The molecule has 0 atom stereocenters. The van der Waals surface area contributed by atoms with E-state index in [1.54, 1.807) is 43.3 Å². The number of non-ortho nitro benzene ring substituents is 1. The first-order valence-corrected chi connectivity index (χ1v) is 7.61. The normalized spacial score (nSPS) is 10.4. The fourth-order valence-electron chi connectivity index (χ4n) is 2.02. The van der Waals surface area contributed by atoms with Crippen molar-refractivity contribution in [3.8, 4) is 0 Å². The lowest BCUT2D eigenvalue weighted by Crippen LogP contribution is -2.11. The van der Waals surface area contributed by atoms with Crippen molar-refractivity contribution in [2.45, 2.75) is 13.3 Å². The van der Waals surface area contributed by atoms with Gasteiger partial charge in [-0.25, -0.2) is 0 Å². The van der Waals surface area contributed by atoms with E-state index in [2.05, 4.69) is 10.6 Å². The number of carbonyl (C=O) groups excluding carboxylic acids is 2. The van der Waals surface area contributed by atoms with E-state index in [0.29, 0.717) is 23.4 Å². The first kappa shape index (κ1) is 17.9. The molecule has 0 saturated heterocycles. The first-order valence-electron chi connectivity index (χ1n) is 7.61. The van der Waals surface area contributed by atoms with Crippen molar-refractivity contribution in [2.24, 2.45) is 0 Å².